The Balaban J connectivity index is 1.68. The molecule has 2 aromatic rings. The van der Waals surface area contributed by atoms with Gasteiger partial charge in [-0.3, -0.25) is 0 Å². The molecule has 0 saturated carbocycles. The molecule has 2 heterocycles. The minimum absolute atomic E-state index is 0.109. The van der Waals surface area contributed by atoms with E-state index in [4.69, 9.17) is 16.3 Å². The van der Waals surface area contributed by atoms with Crippen molar-refractivity contribution in [3.63, 3.8) is 0 Å². The summed E-state index contributed by atoms with van der Waals surface area (Å²) in [4.78, 5) is 1.87. The summed E-state index contributed by atoms with van der Waals surface area (Å²) in [5, 5.41) is 7.50. The highest BCUT2D eigenvalue weighted by molar-refractivity contribution is 6.32. The molecule has 1 aromatic carbocycles. The number of aromatic nitrogens is 2. The van der Waals surface area contributed by atoms with Crippen molar-refractivity contribution in [1.29, 1.82) is 0 Å². The Morgan fingerprint density at radius 3 is 2.58 bits per heavy atom. The lowest BCUT2D eigenvalue weighted by atomic mass is 10.1. The van der Waals surface area contributed by atoms with Crippen LogP contribution in [0.4, 0.5) is 19.0 Å². The number of alkyl halides is 3. The molecular weight excluding hydrogens is 343 g/mol. The van der Waals surface area contributed by atoms with Gasteiger partial charge in [-0.1, -0.05) is 23.7 Å². The quantitative estimate of drug-likeness (QED) is 0.825. The molecule has 1 aliphatic rings. The number of para-hydroxylation sites is 1. The molecule has 3 rings (SSSR count). The highest BCUT2D eigenvalue weighted by atomic mass is 35.5. The monoisotopic (exact) mass is 357 g/mol. The fraction of sp³-hybridized carbons (Fsp3) is 0.375. The fourth-order valence-electron chi connectivity index (χ4n) is 2.61. The van der Waals surface area contributed by atoms with E-state index >= 15 is 0 Å². The fourth-order valence-corrected chi connectivity index (χ4v) is 2.79. The van der Waals surface area contributed by atoms with Crippen LogP contribution in [0.2, 0.25) is 5.02 Å². The van der Waals surface area contributed by atoms with Gasteiger partial charge in [-0.2, -0.15) is 13.2 Å². The predicted molar refractivity (Wildman–Crippen MR) is 84.3 cm³/mol. The van der Waals surface area contributed by atoms with Gasteiger partial charge in [-0.05, 0) is 37.1 Å². The van der Waals surface area contributed by atoms with Crippen molar-refractivity contribution >= 4 is 17.4 Å². The maximum absolute atomic E-state index is 12.6. The molecule has 1 aromatic heterocycles. The minimum Gasteiger partial charge on any atom is -0.487 e. The van der Waals surface area contributed by atoms with E-state index in [1.165, 1.54) is 6.07 Å². The number of piperidine rings is 1. The first-order valence-corrected chi connectivity index (χ1v) is 7.88. The standard InChI is InChI=1S/C16H15ClF3N3O/c17-12-5-1-2-6-13(12)24-11-4-3-9-23(10-11)15-8-7-14(21-22-15)16(18,19)20/h1-2,5-8,11H,3-4,9-10H2. The van der Waals surface area contributed by atoms with Crippen LogP contribution in [-0.4, -0.2) is 29.4 Å². The highest BCUT2D eigenvalue weighted by Crippen LogP contribution is 2.29. The number of ether oxygens (including phenoxy) is 1. The molecule has 0 amide bonds. The summed E-state index contributed by atoms with van der Waals surface area (Å²) in [5.74, 6) is 1.01. The molecule has 128 valence electrons. The van der Waals surface area contributed by atoms with Gasteiger partial charge >= 0.3 is 6.18 Å². The molecule has 0 aliphatic carbocycles. The zero-order valence-electron chi connectivity index (χ0n) is 12.6. The molecule has 8 heteroatoms. The van der Waals surface area contributed by atoms with E-state index < -0.39 is 11.9 Å². The zero-order valence-corrected chi connectivity index (χ0v) is 13.4. The summed E-state index contributed by atoms with van der Waals surface area (Å²) in [6, 6.07) is 9.48. The minimum atomic E-state index is -4.48. The van der Waals surface area contributed by atoms with Crippen molar-refractivity contribution in [2.24, 2.45) is 0 Å². The largest absolute Gasteiger partial charge is 0.487 e. The molecule has 0 bridgehead atoms. The maximum Gasteiger partial charge on any atom is 0.435 e. The van der Waals surface area contributed by atoms with Gasteiger partial charge in [0.2, 0.25) is 0 Å². The zero-order chi connectivity index (χ0) is 17.2. The van der Waals surface area contributed by atoms with Gasteiger partial charge in [0.25, 0.3) is 0 Å². The summed E-state index contributed by atoms with van der Waals surface area (Å²) < 4.78 is 43.6. The smallest absolute Gasteiger partial charge is 0.435 e. The van der Waals surface area contributed by atoms with Crippen molar-refractivity contribution < 1.29 is 17.9 Å². The number of hydrogen-bond donors (Lipinski definition) is 0. The average Bonchev–Trinajstić information content (AvgIpc) is 2.57. The van der Waals surface area contributed by atoms with Crippen molar-refractivity contribution in [2.45, 2.75) is 25.1 Å². The molecule has 0 radical (unpaired) electrons. The normalized spacial score (nSPS) is 18.5. The van der Waals surface area contributed by atoms with E-state index in [2.05, 4.69) is 10.2 Å². The topological polar surface area (TPSA) is 38.2 Å². The Bertz CT molecular complexity index is 694. The molecule has 1 aliphatic heterocycles. The van der Waals surface area contributed by atoms with Crippen LogP contribution >= 0.6 is 11.6 Å². The summed E-state index contributed by atoms with van der Waals surface area (Å²) in [6.07, 6.45) is -2.90. The average molecular weight is 358 g/mol. The first-order valence-electron chi connectivity index (χ1n) is 7.50. The number of benzene rings is 1. The Labute approximate surface area is 142 Å². The Hall–Kier alpha value is -2.02. The third-order valence-electron chi connectivity index (χ3n) is 3.77. The lowest BCUT2D eigenvalue weighted by Gasteiger charge is -2.33. The van der Waals surface area contributed by atoms with Crippen LogP contribution < -0.4 is 9.64 Å². The van der Waals surface area contributed by atoms with Crippen molar-refractivity contribution in [3.8, 4) is 5.75 Å². The van der Waals surface area contributed by atoms with Crippen LogP contribution in [0.15, 0.2) is 36.4 Å². The maximum atomic E-state index is 12.6. The number of hydrogen-bond acceptors (Lipinski definition) is 4. The second-order valence-electron chi connectivity index (χ2n) is 5.53. The Kier molecular flexibility index (Phi) is 4.80. The van der Waals surface area contributed by atoms with Gasteiger partial charge in [0, 0.05) is 6.54 Å². The van der Waals surface area contributed by atoms with Gasteiger partial charge in [-0.25, -0.2) is 0 Å². The number of anilines is 1. The van der Waals surface area contributed by atoms with Crippen LogP contribution in [0.1, 0.15) is 18.5 Å². The van der Waals surface area contributed by atoms with E-state index in [1.54, 1.807) is 12.1 Å². The van der Waals surface area contributed by atoms with Gasteiger partial charge in [-0.15, -0.1) is 10.2 Å². The first kappa shape index (κ1) is 16.8. The molecule has 0 N–H and O–H groups in total. The third kappa shape index (κ3) is 3.90. The van der Waals surface area contributed by atoms with E-state index in [0.29, 0.717) is 29.7 Å². The molecule has 24 heavy (non-hydrogen) atoms. The second kappa shape index (κ2) is 6.84. The lowest BCUT2D eigenvalue weighted by Crippen LogP contribution is -2.41. The van der Waals surface area contributed by atoms with Crippen molar-refractivity contribution in [1.82, 2.24) is 10.2 Å². The summed E-state index contributed by atoms with van der Waals surface area (Å²) in [6.45, 7) is 1.22. The third-order valence-corrected chi connectivity index (χ3v) is 4.09. The molecular formula is C16H15ClF3N3O. The molecule has 1 saturated heterocycles. The van der Waals surface area contributed by atoms with Crippen LogP contribution in [-0.2, 0) is 6.18 Å². The number of rotatable bonds is 3. The van der Waals surface area contributed by atoms with Crippen molar-refractivity contribution in [3.05, 3.63) is 47.1 Å². The molecule has 1 atom stereocenters. The SMILES string of the molecule is FC(F)(F)c1ccc(N2CCCC(Oc3ccccc3Cl)C2)nn1. The lowest BCUT2D eigenvalue weighted by molar-refractivity contribution is -0.141. The Morgan fingerprint density at radius 1 is 1.12 bits per heavy atom. The highest BCUT2D eigenvalue weighted by Gasteiger charge is 2.33. The number of halogens is 4. The van der Waals surface area contributed by atoms with Gasteiger partial charge in [0.1, 0.15) is 11.9 Å². The molecule has 1 unspecified atom stereocenters. The van der Waals surface area contributed by atoms with Crippen LogP contribution in [0.25, 0.3) is 0 Å². The number of nitrogens with zero attached hydrogens (tertiary/aromatic N) is 3. The van der Waals surface area contributed by atoms with Crippen LogP contribution in [0.5, 0.6) is 5.75 Å². The van der Waals surface area contributed by atoms with Gasteiger partial charge < -0.3 is 9.64 Å². The molecule has 4 nitrogen and oxygen atoms in total. The van der Waals surface area contributed by atoms with E-state index in [0.717, 1.165) is 18.9 Å². The van der Waals surface area contributed by atoms with Gasteiger partial charge in [0.05, 0.1) is 11.6 Å². The molecule has 0 spiro atoms. The van der Waals surface area contributed by atoms with Crippen molar-refractivity contribution in [2.75, 3.05) is 18.0 Å². The summed E-state index contributed by atoms with van der Waals surface area (Å²) in [7, 11) is 0. The van der Waals surface area contributed by atoms with Gasteiger partial charge in [0.15, 0.2) is 11.5 Å². The second-order valence-corrected chi connectivity index (χ2v) is 5.94. The van der Waals surface area contributed by atoms with E-state index in [-0.39, 0.29) is 6.10 Å². The van der Waals surface area contributed by atoms with Crippen LogP contribution in [0.3, 0.4) is 0 Å². The first-order chi connectivity index (χ1) is 11.4. The van der Waals surface area contributed by atoms with E-state index in [1.807, 2.05) is 17.0 Å². The summed E-state index contributed by atoms with van der Waals surface area (Å²) >= 11 is 6.09. The van der Waals surface area contributed by atoms with Crippen LogP contribution in [0, 0.1) is 0 Å². The van der Waals surface area contributed by atoms with E-state index in [9.17, 15) is 13.2 Å². The Morgan fingerprint density at radius 2 is 1.92 bits per heavy atom. The predicted octanol–water partition coefficient (Wildman–Crippen LogP) is 4.20. The molecule has 1 fully saturated rings. The summed E-state index contributed by atoms with van der Waals surface area (Å²) in [5.41, 5.74) is -0.993.